The number of rotatable bonds is 0. The van der Waals surface area contributed by atoms with Crippen LogP contribution in [0.1, 0.15) is 12.8 Å². The zero-order chi connectivity index (χ0) is 5.11. The molecule has 7 heavy (non-hydrogen) atoms. The van der Waals surface area contributed by atoms with E-state index >= 15 is 0 Å². The molecule has 0 aromatic carbocycles. The highest BCUT2D eigenvalue weighted by molar-refractivity contribution is 4.68. The summed E-state index contributed by atoms with van der Waals surface area (Å²) >= 11 is 0. The highest BCUT2D eigenvalue weighted by atomic mass is 16.6. The van der Waals surface area contributed by atoms with E-state index in [1.807, 2.05) is 6.42 Å². The lowest BCUT2D eigenvalue weighted by molar-refractivity contribution is -0.109. The van der Waals surface area contributed by atoms with Crippen LogP contribution in [0, 0.1) is 6.42 Å². The molecule has 0 saturated carbocycles. The summed E-state index contributed by atoms with van der Waals surface area (Å²) in [4.78, 5) is 0. The lowest BCUT2D eigenvalue weighted by atomic mass is 10.2. The van der Waals surface area contributed by atoms with Crippen molar-refractivity contribution in [2.45, 2.75) is 19.1 Å². The molecule has 41 valence electrons. The van der Waals surface area contributed by atoms with E-state index in [0.29, 0.717) is 6.61 Å². The second-order valence-corrected chi connectivity index (χ2v) is 1.65. The Hall–Kier alpha value is -0.0800. The quantitative estimate of drug-likeness (QED) is 0.476. The molecule has 0 aromatic rings. The maximum atomic E-state index is 8.67. The van der Waals surface area contributed by atoms with Gasteiger partial charge < -0.3 is 9.84 Å². The third-order valence-electron chi connectivity index (χ3n) is 1.02. The summed E-state index contributed by atoms with van der Waals surface area (Å²) in [5.74, 6) is 0. The lowest BCUT2D eigenvalue weighted by Crippen LogP contribution is -2.17. The van der Waals surface area contributed by atoms with Crippen molar-refractivity contribution in [3.63, 3.8) is 0 Å². The molecule has 1 fully saturated rings. The van der Waals surface area contributed by atoms with Crippen LogP contribution in [0.4, 0.5) is 0 Å². The Labute approximate surface area is 43.1 Å². The summed E-state index contributed by atoms with van der Waals surface area (Å²) in [5.41, 5.74) is 0. The standard InChI is InChI=1S/C5H9O2/c6-5-3-1-2-4-7-5/h2,5-6H,1,3-4H2. The van der Waals surface area contributed by atoms with Crippen LogP contribution in [0.5, 0.6) is 0 Å². The molecule has 1 unspecified atom stereocenters. The molecule has 1 aliphatic rings. The molecular formula is C5H9O2. The van der Waals surface area contributed by atoms with Gasteiger partial charge in [-0.2, -0.15) is 0 Å². The normalized spacial score (nSPS) is 33.0. The maximum absolute atomic E-state index is 8.67. The second-order valence-electron chi connectivity index (χ2n) is 1.65. The average Bonchev–Trinajstić information content (AvgIpc) is 1.69. The Morgan fingerprint density at radius 2 is 2.57 bits per heavy atom. The van der Waals surface area contributed by atoms with Gasteiger partial charge >= 0.3 is 0 Å². The largest absolute Gasteiger partial charge is 0.368 e. The van der Waals surface area contributed by atoms with Gasteiger partial charge in [0.25, 0.3) is 0 Å². The molecular weight excluding hydrogens is 92.1 g/mol. The minimum absolute atomic E-state index is 0.495. The van der Waals surface area contributed by atoms with Crippen molar-refractivity contribution in [2.24, 2.45) is 0 Å². The van der Waals surface area contributed by atoms with E-state index in [1.54, 1.807) is 0 Å². The Bertz CT molecular complexity index is 48.0. The van der Waals surface area contributed by atoms with Crippen LogP contribution in [0.2, 0.25) is 0 Å². The van der Waals surface area contributed by atoms with Crippen LogP contribution in [0.3, 0.4) is 0 Å². The number of aliphatic hydroxyl groups excluding tert-OH is 1. The molecule has 0 aromatic heterocycles. The highest BCUT2D eigenvalue weighted by Crippen LogP contribution is 2.07. The van der Waals surface area contributed by atoms with Crippen LogP contribution >= 0.6 is 0 Å². The van der Waals surface area contributed by atoms with Gasteiger partial charge in [0, 0.05) is 0 Å². The van der Waals surface area contributed by atoms with Crippen LogP contribution in [-0.2, 0) is 4.74 Å². The number of hydrogen-bond acceptors (Lipinski definition) is 2. The minimum Gasteiger partial charge on any atom is -0.368 e. The minimum atomic E-state index is -0.495. The van der Waals surface area contributed by atoms with E-state index in [9.17, 15) is 0 Å². The van der Waals surface area contributed by atoms with E-state index in [0.717, 1.165) is 12.8 Å². The molecule has 2 nitrogen and oxygen atoms in total. The van der Waals surface area contributed by atoms with E-state index in [-0.39, 0.29) is 0 Å². The Morgan fingerprint density at radius 1 is 1.71 bits per heavy atom. The molecule has 1 saturated heterocycles. The first-order valence-electron chi connectivity index (χ1n) is 2.51. The van der Waals surface area contributed by atoms with Crippen molar-refractivity contribution < 1.29 is 9.84 Å². The molecule has 2 heteroatoms. The van der Waals surface area contributed by atoms with E-state index in [2.05, 4.69) is 0 Å². The van der Waals surface area contributed by atoms with E-state index < -0.39 is 6.29 Å². The topological polar surface area (TPSA) is 29.5 Å². The molecule has 1 rings (SSSR count). The van der Waals surface area contributed by atoms with Crippen molar-refractivity contribution in [1.29, 1.82) is 0 Å². The predicted molar refractivity (Wildman–Crippen MR) is 25.5 cm³/mol. The predicted octanol–water partition coefficient (Wildman–Crippen LogP) is 0.319. The SMILES string of the molecule is OC1CC[CH]CO1. The van der Waals surface area contributed by atoms with Crippen LogP contribution in [-0.4, -0.2) is 18.0 Å². The van der Waals surface area contributed by atoms with Gasteiger partial charge in [-0.05, 0) is 19.3 Å². The average molecular weight is 101 g/mol. The summed E-state index contributed by atoms with van der Waals surface area (Å²) in [6.07, 6.45) is 3.28. The third kappa shape index (κ3) is 1.45. The van der Waals surface area contributed by atoms with Crippen LogP contribution in [0.25, 0.3) is 0 Å². The first-order valence-corrected chi connectivity index (χ1v) is 2.51. The molecule has 1 heterocycles. The van der Waals surface area contributed by atoms with Crippen molar-refractivity contribution in [3.8, 4) is 0 Å². The number of aliphatic hydroxyl groups is 1. The van der Waals surface area contributed by atoms with Gasteiger partial charge in [0.1, 0.15) is 0 Å². The fourth-order valence-electron chi connectivity index (χ4n) is 0.606. The monoisotopic (exact) mass is 101 g/mol. The van der Waals surface area contributed by atoms with Gasteiger partial charge in [0.2, 0.25) is 0 Å². The number of hydrogen-bond donors (Lipinski definition) is 1. The zero-order valence-electron chi connectivity index (χ0n) is 4.13. The first-order chi connectivity index (χ1) is 3.39. The van der Waals surface area contributed by atoms with Gasteiger partial charge in [0.15, 0.2) is 6.29 Å². The van der Waals surface area contributed by atoms with Crippen LogP contribution in [0.15, 0.2) is 0 Å². The molecule has 1 aliphatic heterocycles. The first kappa shape index (κ1) is 5.06. The fourth-order valence-corrected chi connectivity index (χ4v) is 0.606. The third-order valence-corrected chi connectivity index (χ3v) is 1.02. The van der Waals surface area contributed by atoms with E-state index in [4.69, 9.17) is 9.84 Å². The summed E-state index contributed by atoms with van der Waals surface area (Å²) in [6.45, 7) is 0.612. The van der Waals surface area contributed by atoms with Gasteiger partial charge in [-0.1, -0.05) is 0 Å². The van der Waals surface area contributed by atoms with Crippen LogP contribution < -0.4 is 0 Å². The highest BCUT2D eigenvalue weighted by Gasteiger charge is 2.07. The molecule has 0 amide bonds. The van der Waals surface area contributed by atoms with Gasteiger partial charge in [-0.15, -0.1) is 0 Å². The van der Waals surface area contributed by atoms with Crippen molar-refractivity contribution in [2.75, 3.05) is 6.61 Å². The summed E-state index contributed by atoms with van der Waals surface area (Å²) in [6, 6.07) is 0. The van der Waals surface area contributed by atoms with Gasteiger partial charge in [-0.25, -0.2) is 0 Å². The van der Waals surface area contributed by atoms with Crippen molar-refractivity contribution >= 4 is 0 Å². The second kappa shape index (κ2) is 2.28. The molecule has 0 aliphatic carbocycles. The molecule has 0 spiro atoms. The molecule has 1 N–H and O–H groups in total. The van der Waals surface area contributed by atoms with Gasteiger partial charge in [0.05, 0.1) is 6.61 Å². The molecule has 0 bridgehead atoms. The number of ether oxygens (including phenoxy) is 1. The maximum Gasteiger partial charge on any atom is 0.154 e. The zero-order valence-corrected chi connectivity index (χ0v) is 4.13. The summed E-state index contributed by atoms with van der Waals surface area (Å²) < 4.78 is 4.78. The smallest absolute Gasteiger partial charge is 0.154 e. The Kier molecular flexibility index (Phi) is 1.65. The van der Waals surface area contributed by atoms with E-state index in [1.165, 1.54) is 0 Å². The Balaban J connectivity index is 2.12. The fraction of sp³-hybridized carbons (Fsp3) is 0.800. The summed E-state index contributed by atoms with van der Waals surface area (Å²) in [5, 5.41) is 8.67. The van der Waals surface area contributed by atoms with Crippen molar-refractivity contribution in [1.82, 2.24) is 0 Å². The summed E-state index contributed by atoms with van der Waals surface area (Å²) in [7, 11) is 0. The van der Waals surface area contributed by atoms with Crippen molar-refractivity contribution in [3.05, 3.63) is 6.42 Å². The lowest BCUT2D eigenvalue weighted by Gasteiger charge is -2.15. The molecule has 1 atom stereocenters. The van der Waals surface area contributed by atoms with Gasteiger partial charge in [-0.3, -0.25) is 0 Å². The Morgan fingerprint density at radius 3 is 2.86 bits per heavy atom. The molecule has 1 radical (unpaired) electrons.